The lowest BCUT2D eigenvalue weighted by atomic mass is 9.88. The molecule has 0 aliphatic heterocycles. The molecule has 9 heteroatoms. The summed E-state index contributed by atoms with van der Waals surface area (Å²) in [6.07, 6.45) is 3.95. The van der Waals surface area contributed by atoms with Crippen molar-refractivity contribution in [1.29, 1.82) is 0 Å². The summed E-state index contributed by atoms with van der Waals surface area (Å²) in [6, 6.07) is 17.0. The molecule has 0 radical (unpaired) electrons. The van der Waals surface area contributed by atoms with Gasteiger partial charge in [-0.05, 0) is 60.9 Å². The van der Waals surface area contributed by atoms with Gasteiger partial charge in [0, 0.05) is 4.88 Å². The van der Waals surface area contributed by atoms with Gasteiger partial charge in [0.1, 0.15) is 17.4 Å². The Hall–Kier alpha value is -3.98. The predicted octanol–water partition coefficient (Wildman–Crippen LogP) is 4.72. The summed E-state index contributed by atoms with van der Waals surface area (Å²) < 4.78 is 11.0. The molecule has 2 N–H and O–H groups in total. The summed E-state index contributed by atoms with van der Waals surface area (Å²) in [5, 5.41) is 6.82. The van der Waals surface area contributed by atoms with Crippen molar-refractivity contribution in [2.24, 2.45) is 11.0 Å². The van der Waals surface area contributed by atoms with Gasteiger partial charge in [0.15, 0.2) is 0 Å². The molecule has 8 nitrogen and oxygen atoms in total. The second-order valence-electron chi connectivity index (χ2n) is 8.78. The van der Waals surface area contributed by atoms with E-state index in [0.29, 0.717) is 34.4 Å². The first kappa shape index (κ1) is 26.1. The smallest absolute Gasteiger partial charge is 0.341 e. The van der Waals surface area contributed by atoms with Crippen LogP contribution in [0.15, 0.2) is 59.7 Å². The Labute approximate surface area is 219 Å². The van der Waals surface area contributed by atoms with Crippen LogP contribution < -0.4 is 15.5 Å². The molecule has 0 saturated heterocycles. The fourth-order valence-corrected chi connectivity index (χ4v) is 5.45. The normalized spacial score (nSPS) is 14.6. The molecule has 1 aliphatic carbocycles. The third-order valence-corrected chi connectivity index (χ3v) is 7.08. The van der Waals surface area contributed by atoms with E-state index in [4.69, 9.17) is 9.47 Å². The monoisotopic (exact) mass is 519 g/mol. The average Bonchev–Trinajstić information content (AvgIpc) is 3.25. The van der Waals surface area contributed by atoms with Crippen LogP contribution in [-0.4, -0.2) is 30.6 Å². The minimum Gasteiger partial charge on any atom is -0.489 e. The third-order valence-electron chi connectivity index (χ3n) is 5.91. The maximum absolute atomic E-state index is 12.6. The highest BCUT2D eigenvalue weighted by atomic mass is 32.1. The van der Waals surface area contributed by atoms with Crippen LogP contribution in [0.1, 0.15) is 52.2 Å². The number of hydrogen-bond acceptors (Lipinski definition) is 7. The molecule has 1 aliphatic rings. The number of hydrogen-bond donors (Lipinski definition) is 2. The summed E-state index contributed by atoms with van der Waals surface area (Å²) in [4.78, 5) is 38.6. The van der Waals surface area contributed by atoms with Crippen molar-refractivity contribution in [3.63, 3.8) is 0 Å². The van der Waals surface area contributed by atoms with Gasteiger partial charge >= 0.3 is 17.8 Å². The summed E-state index contributed by atoms with van der Waals surface area (Å²) in [6.45, 7) is 4.53. The lowest BCUT2D eigenvalue weighted by Gasteiger charge is -2.18. The van der Waals surface area contributed by atoms with Gasteiger partial charge in [-0.3, -0.25) is 9.59 Å². The Morgan fingerprint density at radius 3 is 2.70 bits per heavy atom. The summed E-state index contributed by atoms with van der Waals surface area (Å²) >= 11 is 1.33. The number of fused-ring (bicyclic) bond motifs is 1. The van der Waals surface area contributed by atoms with Crippen LogP contribution in [0.5, 0.6) is 5.75 Å². The molecule has 0 bridgehead atoms. The first-order valence-electron chi connectivity index (χ1n) is 12.2. The lowest BCUT2D eigenvalue weighted by Crippen LogP contribution is -2.32. The molecular formula is C28H29N3O5S. The van der Waals surface area contributed by atoms with Crippen LogP contribution in [0.2, 0.25) is 0 Å². The average molecular weight is 520 g/mol. The number of ether oxygens (including phenoxy) is 2. The SMILES string of the molecule is CCOC(=O)c1c(NC(=O)C(=O)N/N=C\c2cccc(OCc3ccccc3)c2)sc2c1CC[C@H](C)C2. The zero-order chi connectivity index (χ0) is 26.2. The van der Waals surface area contributed by atoms with Crippen molar-refractivity contribution < 1.29 is 23.9 Å². The minimum absolute atomic E-state index is 0.223. The van der Waals surface area contributed by atoms with Gasteiger partial charge in [-0.25, -0.2) is 10.2 Å². The molecule has 37 heavy (non-hydrogen) atoms. The molecule has 1 aromatic heterocycles. The molecule has 4 rings (SSSR count). The lowest BCUT2D eigenvalue weighted by molar-refractivity contribution is -0.136. The molecule has 1 atom stereocenters. The number of esters is 1. The van der Waals surface area contributed by atoms with Crippen LogP contribution in [0, 0.1) is 5.92 Å². The number of benzene rings is 2. The molecule has 0 fully saturated rings. The van der Waals surface area contributed by atoms with Gasteiger partial charge in [0.25, 0.3) is 0 Å². The number of rotatable bonds is 8. The number of carbonyl (C=O) groups excluding carboxylic acids is 3. The molecule has 2 amide bonds. The van der Waals surface area contributed by atoms with Gasteiger partial charge < -0.3 is 14.8 Å². The highest BCUT2D eigenvalue weighted by Crippen LogP contribution is 2.40. The highest BCUT2D eigenvalue weighted by molar-refractivity contribution is 7.17. The van der Waals surface area contributed by atoms with E-state index in [2.05, 4.69) is 22.8 Å². The fraction of sp³-hybridized carbons (Fsp3) is 0.286. The fourth-order valence-electron chi connectivity index (χ4n) is 4.06. The van der Waals surface area contributed by atoms with Crippen molar-refractivity contribution in [3.05, 3.63) is 81.7 Å². The van der Waals surface area contributed by atoms with Crippen molar-refractivity contribution in [2.45, 2.75) is 39.7 Å². The number of carbonyl (C=O) groups is 3. The second kappa shape index (κ2) is 12.3. The molecule has 0 spiro atoms. The van der Waals surface area contributed by atoms with Crippen LogP contribution in [0.3, 0.4) is 0 Å². The van der Waals surface area contributed by atoms with Gasteiger partial charge in [0.2, 0.25) is 0 Å². The second-order valence-corrected chi connectivity index (χ2v) is 9.88. The Morgan fingerprint density at radius 2 is 1.92 bits per heavy atom. The number of anilines is 1. The molecular weight excluding hydrogens is 490 g/mol. The summed E-state index contributed by atoms with van der Waals surface area (Å²) in [7, 11) is 0. The summed E-state index contributed by atoms with van der Waals surface area (Å²) in [5.74, 6) is -1.20. The Balaban J connectivity index is 1.37. The van der Waals surface area contributed by atoms with Gasteiger partial charge in [0.05, 0.1) is 18.4 Å². The van der Waals surface area contributed by atoms with E-state index in [-0.39, 0.29) is 6.61 Å². The van der Waals surface area contributed by atoms with E-state index in [9.17, 15) is 14.4 Å². The maximum atomic E-state index is 12.6. The van der Waals surface area contributed by atoms with E-state index in [1.54, 1.807) is 19.1 Å². The van der Waals surface area contributed by atoms with Crippen molar-refractivity contribution in [1.82, 2.24) is 5.43 Å². The van der Waals surface area contributed by atoms with Gasteiger partial charge in [-0.2, -0.15) is 5.10 Å². The first-order chi connectivity index (χ1) is 17.9. The molecule has 0 unspecified atom stereocenters. The van der Waals surface area contributed by atoms with E-state index in [0.717, 1.165) is 35.3 Å². The molecule has 0 saturated carbocycles. The predicted molar refractivity (Wildman–Crippen MR) is 143 cm³/mol. The Kier molecular flexibility index (Phi) is 8.68. The van der Waals surface area contributed by atoms with Crippen LogP contribution in [-0.2, 0) is 33.8 Å². The van der Waals surface area contributed by atoms with Crippen molar-refractivity contribution in [2.75, 3.05) is 11.9 Å². The number of amides is 2. The topological polar surface area (TPSA) is 106 Å². The van der Waals surface area contributed by atoms with E-state index >= 15 is 0 Å². The van der Waals surface area contributed by atoms with E-state index in [1.165, 1.54) is 17.6 Å². The van der Waals surface area contributed by atoms with Gasteiger partial charge in [-0.15, -0.1) is 11.3 Å². The van der Waals surface area contributed by atoms with Crippen molar-refractivity contribution >= 4 is 40.3 Å². The first-order valence-corrected chi connectivity index (χ1v) is 13.0. The van der Waals surface area contributed by atoms with E-state index in [1.807, 2.05) is 42.5 Å². The number of hydrazone groups is 1. The molecule has 2 aromatic carbocycles. The quantitative estimate of drug-likeness (QED) is 0.194. The summed E-state index contributed by atoms with van der Waals surface area (Å²) in [5.41, 5.74) is 5.24. The Bertz CT molecular complexity index is 1300. The number of thiophene rings is 1. The maximum Gasteiger partial charge on any atom is 0.341 e. The van der Waals surface area contributed by atoms with Crippen molar-refractivity contribution in [3.8, 4) is 5.75 Å². The molecule has 1 heterocycles. The van der Waals surface area contributed by atoms with Crippen LogP contribution in [0.25, 0.3) is 0 Å². The molecule has 3 aromatic rings. The zero-order valence-electron chi connectivity index (χ0n) is 20.8. The number of nitrogens with one attached hydrogen (secondary N) is 2. The third kappa shape index (κ3) is 6.83. The van der Waals surface area contributed by atoms with E-state index < -0.39 is 17.8 Å². The number of nitrogens with zero attached hydrogens (tertiary/aromatic N) is 1. The van der Waals surface area contributed by atoms with Crippen LogP contribution in [0.4, 0.5) is 5.00 Å². The standard InChI is InChI=1S/C28H29N3O5S/c1-3-35-28(34)24-22-13-12-18(2)14-23(22)37-27(24)30-25(32)26(33)31-29-16-20-10-7-11-21(15-20)36-17-19-8-5-4-6-9-19/h4-11,15-16,18H,3,12-14,17H2,1-2H3,(H,30,32)(H,31,33)/b29-16-/t18-/m0/s1. The highest BCUT2D eigenvalue weighted by Gasteiger charge is 2.30. The largest absolute Gasteiger partial charge is 0.489 e. The van der Waals surface area contributed by atoms with Gasteiger partial charge in [-0.1, -0.05) is 49.4 Å². The van der Waals surface area contributed by atoms with Crippen LogP contribution >= 0.6 is 11.3 Å². The zero-order valence-corrected chi connectivity index (χ0v) is 21.6. The molecule has 192 valence electrons. The minimum atomic E-state index is -0.942. The Morgan fingerprint density at radius 1 is 1.11 bits per heavy atom.